The summed E-state index contributed by atoms with van der Waals surface area (Å²) in [5.74, 6) is 1.22. The summed E-state index contributed by atoms with van der Waals surface area (Å²) < 4.78 is 0. The maximum absolute atomic E-state index is 11.6. The SMILES string of the molecule is CC1(CO)CCCC2(C)C3CCC(=O)C=C3C=CC12. The molecular formula is C17H24O2. The molecule has 0 amide bonds. The first kappa shape index (κ1) is 13.1. The molecule has 0 spiro atoms. The summed E-state index contributed by atoms with van der Waals surface area (Å²) in [4.78, 5) is 11.6. The predicted molar refractivity (Wildman–Crippen MR) is 75.6 cm³/mol. The van der Waals surface area contributed by atoms with E-state index in [1.54, 1.807) is 0 Å². The summed E-state index contributed by atoms with van der Waals surface area (Å²) >= 11 is 0. The number of rotatable bonds is 1. The van der Waals surface area contributed by atoms with E-state index in [1.165, 1.54) is 18.4 Å². The summed E-state index contributed by atoms with van der Waals surface area (Å²) in [5, 5.41) is 9.84. The summed E-state index contributed by atoms with van der Waals surface area (Å²) in [6, 6.07) is 0. The van der Waals surface area contributed by atoms with Gasteiger partial charge in [-0.2, -0.15) is 0 Å². The van der Waals surface area contributed by atoms with Crippen molar-refractivity contribution in [1.29, 1.82) is 0 Å². The number of allylic oxidation sites excluding steroid dienone is 4. The molecule has 3 rings (SSSR count). The van der Waals surface area contributed by atoms with Gasteiger partial charge < -0.3 is 5.11 Å². The number of hydrogen-bond donors (Lipinski definition) is 1. The van der Waals surface area contributed by atoms with Crippen LogP contribution in [0.3, 0.4) is 0 Å². The molecule has 0 saturated heterocycles. The van der Waals surface area contributed by atoms with Crippen molar-refractivity contribution in [1.82, 2.24) is 0 Å². The molecule has 0 aromatic heterocycles. The Bertz CT molecular complexity index is 462. The molecule has 3 aliphatic rings. The van der Waals surface area contributed by atoms with Gasteiger partial charge in [0, 0.05) is 13.0 Å². The maximum atomic E-state index is 11.6. The van der Waals surface area contributed by atoms with E-state index in [9.17, 15) is 9.90 Å². The number of ketones is 1. The zero-order valence-electron chi connectivity index (χ0n) is 12.0. The Labute approximate surface area is 115 Å². The zero-order valence-corrected chi connectivity index (χ0v) is 12.0. The topological polar surface area (TPSA) is 37.3 Å². The van der Waals surface area contributed by atoms with Crippen molar-refractivity contribution in [2.75, 3.05) is 6.61 Å². The first-order valence-electron chi connectivity index (χ1n) is 7.53. The van der Waals surface area contributed by atoms with Crippen LogP contribution in [-0.4, -0.2) is 17.5 Å². The van der Waals surface area contributed by atoms with Crippen LogP contribution in [0.2, 0.25) is 0 Å². The molecule has 19 heavy (non-hydrogen) atoms. The molecule has 0 aliphatic heterocycles. The van der Waals surface area contributed by atoms with Crippen LogP contribution >= 0.6 is 0 Å². The van der Waals surface area contributed by atoms with Crippen LogP contribution in [-0.2, 0) is 4.79 Å². The second kappa shape index (κ2) is 4.31. The van der Waals surface area contributed by atoms with Gasteiger partial charge >= 0.3 is 0 Å². The molecular weight excluding hydrogens is 236 g/mol. The van der Waals surface area contributed by atoms with Crippen LogP contribution in [0.15, 0.2) is 23.8 Å². The lowest BCUT2D eigenvalue weighted by molar-refractivity contribution is -0.116. The summed E-state index contributed by atoms with van der Waals surface area (Å²) in [6.45, 7) is 4.87. The third kappa shape index (κ3) is 1.84. The highest BCUT2D eigenvalue weighted by atomic mass is 16.3. The molecule has 1 saturated carbocycles. The van der Waals surface area contributed by atoms with E-state index in [-0.39, 0.29) is 23.2 Å². The van der Waals surface area contributed by atoms with Gasteiger partial charge in [-0.3, -0.25) is 4.79 Å². The standard InChI is InChI=1S/C17H24O2/c1-16(11-18)8-3-9-17(2)14-6-5-13(19)10-12(14)4-7-15(16)17/h4,7,10,14-15,18H,3,5-6,8-9,11H2,1-2H3. The van der Waals surface area contributed by atoms with Crippen molar-refractivity contribution in [3.8, 4) is 0 Å². The van der Waals surface area contributed by atoms with Crippen LogP contribution in [0.5, 0.6) is 0 Å². The van der Waals surface area contributed by atoms with Gasteiger partial charge in [0.15, 0.2) is 5.78 Å². The number of aliphatic hydroxyl groups excluding tert-OH is 1. The minimum atomic E-state index is 0.0104. The Morgan fingerprint density at radius 1 is 1.37 bits per heavy atom. The van der Waals surface area contributed by atoms with Gasteiger partial charge in [-0.1, -0.05) is 32.4 Å². The Hall–Kier alpha value is -0.890. The summed E-state index contributed by atoms with van der Waals surface area (Å²) in [6.07, 6.45) is 11.5. The van der Waals surface area contributed by atoms with E-state index >= 15 is 0 Å². The molecule has 0 bridgehead atoms. The highest BCUT2D eigenvalue weighted by molar-refractivity contribution is 5.92. The average Bonchev–Trinajstić information content (AvgIpc) is 2.38. The number of hydrogen-bond acceptors (Lipinski definition) is 2. The van der Waals surface area contributed by atoms with Crippen LogP contribution in [0.1, 0.15) is 46.0 Å². The van der Waals surface area contributed by atoms with Crippen molar-refractivity contribution in [3.05, 3.63) is 23.8 Å². The lowest BCUT2D eigenvalue weighted by atomic mass is 9.48. The van der Waals surface area contributed by atoms with E-state index in [0.717, 1.165) is 12.8 Å². The van der Waals surface area contributed by atoms with Gasteiger partial charge in [0.2, 0.25) is 0 Å². The van der Waals surface area contributed by atoms with Crippen LogP contribution < -0.4 is 0 Å². The van der Waals surface area contributed by atoms with E-state index in [2.05, 4.69) is 26.0 Å². The third-order valence-corrected chi connectivity index (χ3v) is 5.97. The number of fused-ring (bicyclic) bond motifs is 3. The van der Waals surface area contributed by atoms with Gasteiger partial charge in [0.25, 0.3) is 0 Å². The number of carbonyl (C=O) groups excluding carboxylic acids is 1. The Balaban J connectivity index is 2.05. The van der Waals surface area contributed by atoms with E-state index in [1.807, 2.05) is 6.08 Å². The minimum absolute atomic E-state index is 0.0104. The van der Waals surface area contributed by atoms with Gasteiger partial charge in [-0.05, 0) is 53.6 Å². The third-order valence-electron chi connectivity index (χ3n) is 5.97. The fourth-order valence-electron chi connectivity index (χ4n) is 4.89. The van der Waals surface area contributed by atoms with Crippen molar-refractivity contribution < 1.29 is 9.90 Å². The summed E-state index contributed by atoms with van der Waals surface area (Å²) in [7, 11) is 0. The molecule has 2 heteroatoms. The fourth-order valence-corrected chi connectivity index (χ4v) is 4.89. The molecule has 4 atom stereocenters. The molecule has 3 aliphatic carbocycles. The average molecular weight is 260 g/mol. The minimum Gasteiger partial charge on any atom is -0.396 e. The second-order valence-corrected chi connectivity index (χ2v) is 7.21. The van der Waals surface area contributed by atoms with Gasteiger partial charge in [-0.15, -0.1) is 0 Å². The number of aliphatic hydroxyl groups is 1. The molecule has 104 valence electrons. The van der Waals surface area contributed by atoms with Gasteiger partial charge in [0.05, 0.1) is 0 Å². The smallest absolute Gasteiger partial charge is 0.155 e. The van der Waals surface area contributed by atoms with Crippen molar-refractivity contribution in [2.24, 2.45) is 22.7 Å². The zero-order chi connectivity index (χ0) is 13.7. The van der Waals surface area contributed by atoms with Gasteiger partial charge in [0.1, 0.15) is 0 Å². The Morgan fingerprint density at radius 2 is 2.16 bits per heavy atom. The van der Waals surface area contributed by atoms with Crippen LogP contribution in [0, 0.1) is 22.7 Å². The summed E-state index contributed by atoms with van der Waals surface area (Å²) in [5.41, 5.74) is 1.46. The lowest BCUT2D eigenvalue weighted by Crippen LogP contribution is -2.50. The highest BCUT2D eigenvalue weighted by Gasteiger charge is 2.53. The van der Waals surface area contributed by atoms with Crippen molar-refractivity contribution >= 4 is 5.78 Å². The normalized spacial score (nSPS) is 45.4. The molecule has 1 fully saturated rings. The first-order valence-corrected chi connectivity index (χ1v) is 7.53. The number of carbonyl (C=O) groups is 1. The second-order valence-electron chi connectivity index (χ2n) is 7.21. The van der Waals surface area contributed by atoms with Crippen LogP contribution in [0.4, 0.5) is 0 Å². The van der Waals surface area contributed by atoms with Gasteiger partial charge in [-0.25, -0.2) is 0 Å². The molecule has 4 unspecified atom stereocenters. The highest BCUT2D eigenvalue weighted by Crippen LogP contribution is 2.60. The monoisotopic (exact) mass is 260 g/mol. The predicted octanol–water partition coefficient (Wildman–Crippen LogP) is 3.27. The lowest BCUT2D eigenvalue weighted by Gasteiger charge is -2.56. The van der Waals surface area contributed by atoms with E-state index in [4.69, 9.17) is 0 Å². The van der Waals surface area contributed by atoms with Crippen molar-refractivity contribution in [3.63, 3.8) is 0 Å². The molecule has 2 nitrogen and oxygen atoms in total. The Morgan fingerprint density at radius 3 is 2.89 bits per heavy atom. The maximum Gasteiger partial charge on any atom is 0.155 e. The molecule has 0 radical (unpaired) electrons. The van der Waals surface area contributed by atoms with Crippen molar-refractivity contribution in [2.45, 2.75) is 46.0 Å². The van der Waals surface area contributed by atoms with E-state index in [0.29, 0.717) is 18.3 Å². The van der Waals surface area contributed by atoms with Crippen LogP contribution in [0.25, 0.3) is 0 Å². The fraction of sp³-hybridized carbons (Fsp3) is 0.706. The molecule has 0 aromatic carbocycles. The Kier molecular flexibility index (Phi) is 2.97. The van der Waals surface area contributed by atoms with E-state index < -0.39 is 0 Å². The quantitative estimate of drug-likeness (QED) is 0.785. The molecule has 0 aromatic rings. The first-order chi connectivity index (χ1) is 8.99. The molecule has 0 heterocycles. The largest absolute Gasteiger partial charge is 0.396 e. The molecule has 1 N–H and O–H groups in total.